The molecule has 3 nitrogen and oxygen atoms in total. The maximum atomic E-state index is 5.33. The van der Waals surface area contributed by atoms with Gasteiger partial charge in [-0.05, 0) is 52.4 Å². The van der Waals surface area contributed by atoms with E-state index in [1.54, 1.807) is 7.11 Å². The van der Waals surface area contributed by atoms with E-state index in [1.807, 2.05) is 0 Å². The van der Waals surface area contributed by atoms with Crippen molar-refractivity contribution in [3.05, 3.63) is 28.2 Å². The SMILES string of the molecule is COc1ccc([C@@H](C2CC2)N2CCNCC2)cc1Br. The highest BCUT2D eigenvalue weighted by molar-refractivity contribution is 9.10. The molecule has 1 saturated heterocycles. The first-order valence-corrected chi connectivity index (χ1v) is 7.87. The van der Waals surface area contributed by atoms with Crippen LogP contribution < -0.4 is 10.1 Å². The number of halogens is 1. The van der Waals surface area contributed by atoms with Gasteiger partial charge in [-0.2, -0.15) is 0 Å². The zero-order valence-electron chi connectivity index (χ0n) is 11.4. The van der Waals surface area contributed by atoms with Crippen LogP contribution in [0.25, 0.3) is 0 Å². The summed E-state index contributed by atoms with van der Waals surface area (Å²) in [7, 11) is 1.72. The summed E-state index contributed by atoms with van der Waals surface area (Å²) in [6, 6.07) is 7.14. The van der Waals surface area contributed by atoms with Crippen molar-refractivity contribution in [2.45, 2.75) is 18.9 Å². The summed E-state index contributed by atoms with van der Waals surface area (Å²) in [5, 5.41) is 3.44. The molecule has 1 atom stereocenters. The second-order valence-corrected chi connectivity index (χ2v) is 6.32. The Balaban J connectivity index is 1.84. The van der Waals surface area contributed by atoms with E-state index in [0.717, 1.165) is 42.3 Å². The van der Waals surface area contributed by atoms with E-state index in [4.69, 9.17) is 4.74 Å². The third-order valence-corrected chi connectivity index (χ3v) is 4.75. The third-order valence-electron chi connectivity index (χ3n) is 4.13. The van der Waals surface area contributed by atoms with Gasteiger partial charge in [0.1, 0.15) is 5.75 Å². The molecule has 2 fully saturated rings. The highest BCUT2D eigenvalue weighted by atomic mass is 79.9. The van der Waals surface area contributed by atoms with Crippen molar-refractivity contribution >= 4 is 15.9 Å². The fourth-order valence-electron chi connectivity index (χ4n) is 3.02. The Morgan fingerprint density at radius 2 is 2.05 bits per heavy atom. The van der Waals surface area contributed by atoms with Crippen molar-refractivity contribution in [1.29, 1.82) is 0 Å². The fraction of sp³-hybridized carbons (Fsp3) is 0.600. The van der Waals surface area contributed by atoms with Crippen molar-refractivity contribution in [2.24, 2.45) is 5.92 Å². The molecule has 0 unspecified atom stereocenters. The van der Waals surface area contributed by atoms with E-state index in [2.05, 4.69) is 44.3 Å². The van der Waals surface area contributed by atoms with Crippen LogP contribution in [0.15, 0.2) is 22.7 Å². The van der Waals surface area contributed by atoms with Gasteiger partial charge in [-0.3, -0.25) is 4.90 Å². The molecule has 1 aromatic carbocycles. The first kappa shape index (κ1) is 13.4. The molecule has 1 saturated carbocycles. The molecule has 1 N–H and O–H groups in total. The number of hydrogen-bond acceptors (Lipinski definition) is 3. The van der Waals surface area contributed by atoms with E-state index in [1.165, 1.54) is 18.4 Å². The Morgan fingerprint density at radius 3 is 2.63 bits per heavy atom. The van der Waals surface area contributed by atoms with Crippen LogP contribution in [0.5, 0.6) is 5.75 Å². The molecule has 3 rings (SSSR count). The summed E-state index contributed by atoms with van der Waals surface area (Å²) in [5.41, 5.74) is 1.43. The molecule has 104 valence electrons. The predicted octanol–water partition coefficient (Wildman–Crippen LogP) is 2.81. The Kier molecular flexibility index (Phi) is 4.10. The number of piperazine rings is 1. The van der Waals surface area contributed by atoms with Gasteiger partial charge in [-0.25, -0.2) is 0 Å². The summed E-state index contributed by atoms with van der Waals surface area (Å²) < 4.78 is 6.39. The largest absolute Gasteiger partial charge is 0.496 e. The zero-order valence-corrected chi connectivity index (χ0v) is 12.9. The van der Waals surface area contributed by atoms with E-state index in [9.17, 15) is 0 Å². The quantitative estimate of drug-likeness (QED) is 0.921. The number of benzene rings is 1. The van der Waals surface area contributed by atoms with Crippen LogP contribution in [0.3, 0.4) is 0 Å². The van der Waals surface area contributed by atoms with Crippen LogP contribution in [-0.4, -0.2) is 38.2 Å². The zero-order chi connectivity index (χ0) is 13.2. The smallest absolute Gasteiger partial charge is 0.133 e. The molecule has 19 heavy (non-hydrogen) atoms. The van der Waals surface area contributed by atoms with Gasteiger partial charge in [0, 0.05) is 32.2 Å². The first-order chi connectivity index (χ1) is 9.29. The van der Waals surface area contributed by atoms with Crippen LogP contribution in [-0.2, 0) is 0 Å². The van der Waals surface area contributed by atoms with Crippen LogP contribution in [0.1, 0.15) is 24.4 Å². The Morgan fingerprint density at radius 1 is 1.32 bits per heavy atom. The first-order valence-electron chi connectivity index (χ1n) is 7.08. The average Bonchev–Trinajstić information content (AvgIpc) is 3.25. The molecular formula is C15H21BrN2O. The minimum absolute atomic E-state index is 0.587. The lowest BCUT2D eigenvalue weighted by Gasteiger charge is -2.35. The highest BCUT2D eigenvalue weighted by Crippen LogP contribution is 2.45. The molecule has 0 radical (unpaired) electrons. The topological polar surface area (TPSA) is 24.5 Å². The van der Waals surface area contributed by atoms with Gasteiger partial charge in [0.25, 0.3) is 0 Å². The normalized spacial score (nSPS) is 22.2. The molecule has 1 aromatic rings. The lowest BCUT2D eigenvalue weighted by molar-refractivity contribution is 0.156. The minimum atomic E-state index is 0.587. The molecule has 1 aliphatic heterocycles. The number of methoxy groups -OCH3 is 1. The van der Waals surface area contributed by atoms with Gasteiger partial charge < -0.3 is 10.1 Å². The summed E-state index contributed by atoms with van der Waals surface area (Å²) >= 11 is 3.61. The minimum Gasteiger partial charge on any atom is -0.496 e. The second kappa shape index (κ2) is 5.81. The van der Waals surface area contributed by atoms with Crippen molar-refractivity contribution in [3.63, 3.8) is 0 Å². The lowest BCUT2D eigenvalue weighted by Crippen LogP contribution is -2.45. The lowest BCUT2D eigenvalue weighted by atomic mass is 9.99. The van der Waals surface area contributed by atoms with Gasteiger partial charge >= 0.3 is 0 Å². The van der Waals surface area contributed by atoms with E-state index >= 15 is 0 Å². The van der Waals surface area contributed by atoms with Crippen LogP contribution in [0.4, 0.5) is 0 Å². The van der Waals surface area contributed by atoms with Gasteiger partial charge in [0.05, 0.1) is 11.6 Å². The van der Waals surface area contributed by atoms with Crippen molar-refractivity contribution in [1.82, 2.24) is 10.2 Å². The van der Waals surface area contributed by atoms with Crippen LogP contribution in [0.2, 0.25) is 0 Å². The van der Waals surface area contributed by atoms with Crippen molar-refractivity contribution in [2.75, 3.05) is 33.3 Å². The Bertz CT molecular complexity index is 442. The molecule has 2 aliphatic rings. The maximum Gasteiger partial charge on any atom is 0.133 e. The molecular weight excluding hydrogens is 304 g/mol. The molecule has 0 amide bonds. The van der Waals surface area contributed by atoms with Crippen molar-refractivity contribution < 1.29 is 4.74 Å². The van der Waals surface area contributed by atoms with E-state index < -0.39 is 0 Å². The summed E-state index contributed by atoms with van der Waals surface area (Å²) in [6.45, 7) is 4.54. The van der Waals surface area contributed by atoms with Gasteiger partial charge in [0.15, 0.2) is 0 Å². The average molecular weight is 325 g/mol. The summed E-state index contributed by atoms with van der Waals surface area (Å²) in [6.07, 6.45) is 2.75. The molecule has 1 heterocycles. The van der Waals surface area contributed by atoms with Gasteiger partial charge in [-0.1, -0.05) is 6.07 Å². The summed E-state index contributed by atoms with van der Waals surface area (Å²) in [5.74, 6) is 1.76. The third kappa shape index (κ3) is 2.96. The molecule has 0 spiro atoms. The molecule has 1 aliphatic carbocycles. The number of nitrogens with one attached hydrogen (secondary N) is 1. The molecule has 4 heteroatoms. The Hall–Kier alpha value is -0.580. The highest BCUT2D eigenvalue weighted by Gasteiger charge is 2.36. The van der Waals surface area contributed by atoms with Gasteiger partial charge in [0.2, 0.25) is 0 Å². The fourth-order valence-corrected chi connectivity index (χ4v) is 3.58. The predicted molar refractivity (Wildman–Crippen MR) is 80.6 cm³/mol. The maximum absolute atomic E-state index is 5.33. The van der Waals surface area contributed by atoms with Gasteiger partial charge in [-0.15, -0.1) is 0 Å². The number of ether oxygens (including phenoxy) is 1. The molecule has 0 aromatic heterocycles. The standard InChI is InChI=1S/C15H21BrN2O/c1-19-14-5-4-12(10-13(14)16)15(11-2-3-11)18-8-6-17-7-9-18/h4-5,10-11,15,17H,2-3,6-9H2,1H3/t15-/m1/s1. The number of hydrogen-bond donors (Lipinski definition) is 1. The van der Waals surface area contributed by atoms with Crippen molar-refractivity contribution in [3.8, 4) is 5.75 Å². The second-order valence-electron chi connectivity index (χ2n) is 5.46. The van der Waals surface area contributed by atoms with E-state index in [0.29, 0.717) is 6.04 Å². The summed E-state index contributed by atoms with van der Waals surface area (Å²) in [4.78, 5) is 2.64. The van der Waals surface area contributed by atoms with Crippen LogP contribution >= 0.6 is 15.9 Å². The monoisotopic (exact) mass is 324 g/mol. The van der Waals surface area contributed by atoms with Crippen LogP contribution in [0, 0.1) is 5.92 Å². The number of rotatable bonds is 4. The number of nitrogens with zero attached hydrogens (tertiary/aromatic N) is 1. The van der Waals surface area contributed by atoms with E-state index in [-0.39, 0.29) is 0 Å². The molecule has 0 bridgehead atoms. The Labute approximate surface area is 123 Å².